The average molecular weight is 254 g/mol. The van der Waals surface area contributed by atoms with E-state index in [0.717, 1.165) is 32.7 Å². The molecule has 4 rings (SSSR count). The van der Waals surface area contributed by atoms with Crippen LogP contribution in [0.4, 0.5) is 0 Å². The fourth-order valence-electron chi connectivity index (χ4n) is 2.37. The molecule has 4 aromatic rings. The molecule has 0 aliphatic heterocycles. The zero-order valence-corrected chi connectivity index (χ0v) is 10.1. The van der Waals surface area contributed by atoms with E-state index >= 15 is 0 Å². The third-order valence-corrected chi connectivity index (χ3v) is 3.60. The fraction of sp³-hybridized carbons (Fsp3) is 0. The SMILES string of the molecule is Clc1c2ccccc2cc2c1oc1ccncc12. The highest BCUT2D eigenvalue weighted by atomic mass is 35.5. The molecular formula is C15H8ClNO. The van der Waals surface area contributed by atoms with Crippen molar-refractivity contribution in [1.29, 1.82) is 0 Å². The monoisotopic (exact) mass is 253 g/mol. The second-order valence-electron chi connectivity index (χ2n) is 4.26. The Labute approximate surface area is 108 Å². The van der Waals surface area contributed by atoms with Crippen LogP contribution in [0.25, 0.3) is 32.7 Å². The number of furan rings is 1. The largest absolute Gasteiger partial charge is 0.454 e. The molecular weight excluding hydrogens is 246 g/mol. The molecule has 2 aromatic carbocycles. The molecule has 0 amide bonds. The normalized spacial score (nSPS) is 11.6. The molecule has 0 spiro atoms. The zero-order valence-electron chi connectivity index (χ0n) is 9.35. The number of fused-ring (bicyclic) bond motifs is 4. The van der Waals surface area contributed by atoms with Crippen LogP contribution in [0.2, 0.25) is 5.02 Å². The molecule has 86 valence electrons. The minimum absolute atomic E-state index is 0.666. The Balaban J connectivity index is 2.33. The molecule has 0 atom stereocenters. The molecule has 0 bridgehead atoms. The predicted octanol–water partition coefficient (Wildman–Crippen LogP) is 4.79. The molecule has 18 heavy (non-hydrogen) atoms. The summed E-state index contributed by atoms with van der Waals surface area (Å²) in [5.74, 6) is 0. The first-order chi connectivity index (χ1) is 8.84. The lowest BCUT2D eigenvalue weighted by Gasteiger charge is -2.00. The lowest BCUT2D eigenvalue weighted by atomic mass is 10.1. The van der Waals surface area contributed by atoms with E-state index in [9.17, 15) is 0 Å². The van der Waals surface area contributed by atoms with Gasteiger partial charge >= 0.3 is 0 Å². The highest BCUT2D eigenvalue weighted by Gasteiger charge is 2.12. The van der Waals surface area contributed by atoms with Crippen LogP contribution in [0, 0.1) is 0 Å². The maximum absolute atomic E-state index is 6.43. The molecule has 3 heteroatoms. The lowest BCUT2D eigenvalue weighted by Crippen LogP contribution is -1.75. The summed E-state index contributed by atoms with van der Waals surface area (Å²) in [5, 5.41) is 4.81. The summed E-state index contributed by atoms with van der Waals surface area (Å²) in [5.41, 5.74) is 1.55. The van der Waals surface area contributed by atoms with Gasteiger partial charge in [0.05, 0.1) is 5.02 Å². The van der Waals surface area contributed by atoms with E-state index in [2.05, 4.69) is 17.1 Å². The molecule has 2 aromatic heterocycles. The van der Waals surface area contributed by atoms with Crippen LogP contribution >= 0.6 is 11.6 Å². The summed E-state index contributed by atoms with van der Waals surface area (Å²) in [6, 6.07) is 12.0. The first kappa shape index (κ1) is 9.92. The number of hydrogen-bond acceptors (Lipinski definition) is 2. The van der Waals surface area contributed by atoms with Crippen molar-refractivity contribution in [3.63, 3.8) is 0 Å². The highest BCUT2D eigenvalue weighted by molar-refractivity contribution is 6.41. The van der Waals surface area contributed by atoms with Crippen LogP contribution in [0.3, 0.4) is 0 Å². The molecule has 0 aliphatic carbocycles. The maximum Gasteiger partial charge on any atom is 0.154 e. The molecule has 2 nitrogen and oxygen atoms in total. The summed E-state index contributed by atoms with van der Waals surface area (Å²) in [6.45, 7) is 0. The van der Waals surface area contributed by atoms with Crippen LogP contribution in [0.15, 0.2) is 53.2 Å². The van der Waals surface area contributed by atoms with Gasteiger partial charge in [0.15, 0.2) is 5.58 Å². The molecule has 0 N–H and O–H groups in total. The first-order valence-electron chi connectivity index (χ1n) is 5.68. The van der Waals surface area contributed by atoms with E-state index in [1.54, 1.807) is 6.20 Å². The third kappa shape index (κ3) is 1.21. The van der Waals surface area contributed by atoms with Crippen molar-refractivity contribution in [2.45, 2.75) is 0 Å². The number of pyridine rings is 1. The molecule has 0 saturated carbocycles. The molecule has 0 saturated heterocycles. The number of halogens is 1. The number of aromatic nitrogens is 1. The Morgan fingerprint density at radius 2 is 1.89 bits per heavy atom. The number of hydrogen-bond donors (Lipinski definition) is 0. The Bertz CT molecular complexity index is 895. The van der Waals surface area contributed by atoms with Gasteiger partial charge in [-0.25, -0.2) is 0 Å². The van der Waals surface area contributed by atoms with Crippen molar-refractivity contribution >= 4 is 44.3 Å². The van der Waals surface area contributed by atoms with E-state index in [-0.39, 0.29) is 0 Å². The molecule has 0 unspecified atom stereocenters. The van der Waals surface area contributed by atoms with Gasteiger partial charge in [-0.3, -0.25) is 4.98 Å². The maximum atomic E-state index is 6.43. The van der Waals surface area contributed by atoms with Crippen LogP contribution < -0.4 is 0 Å². The molecule has 0 aliphatic rings. The number of nitrogens with zero attached hydrogens (tertiary/aromatic N) is 1. The van der Waals surface area contributed by atoms with E-state index < -0.39 is 0 Å². The zero-order chi connectivity index (χ0) is 12.1. The summed E-state index contributed by atoms with van der Waals surface area (Å²) in [6.07, 6.45) is 3.53. The van der Waals surface area contributed by atoms with Crippen LogP contribution in [0.1, 0.15) is 0 Å². The van der Waals surface area contributed by atoms with Gasteiger partial charge in [0.1, 0.15) is 5.58 Å². The molecule has 2 heterocycles. The van der Waals surface area contributed by atoms with E-state index in [0.29, 0.717) is 5.02 Å². The Morgan fingerprint density at radius 3 is 2.83 bits per heavy atom. The van der Waals surface area contributed by atoms with Crippen molar-refractivity contribution < 1.29 is 4.42 Å². The standard InChI is InChI=1S/C15H8ClNO/c16-14-10-4-2-1-3-9(10)7-11-12-8-17-6-5-13(12)18-15(11)14/h1-8H. The van der Waals surface area contributed by atoms with Crippen LogP contribution in [-0.2, 0) is 0 Å². The van der Waals surface area contributed by atoms with Gasteiger partial charge < -0.3 is 4.42 Å². The van der Waals surface area contributed by atoms with Gasteiger partial charge in [-0.1, -0.05) is 35.9 Å². The van der Waals surface area contributed by atoms with E-state index in [4.69, 9.17) is 16.0 Å². The van der Waals surface area contributed by atoms with Crippen molar-refractivity contribution in [2.75, 3.05) is 0 Å². The van der Waals surface area contributed by atoms with Gasteiger partial charge in [0, 0.05) is 28.6 Å². The summed E-state index contributed by atoms with van der Waals surface area (Å²) >= 11 is 6.43. The average Bonchev–Trinajstić information content (AvgIpc) is 2.79. The molecule has 0 radical (unpaired) electrons. The number of rotatable bonds is 0. The van der Waals surface area contributed by atoms with Gasteiger partial charge in [0.25, 0.3) is 0 Å². The smallest absolute Gasteiger partial charge is 0.154 e. The topological polar surface area (TPSA) is 26.0 Å². The Hall–Kier alpha value is -2.06. The van der Waals surface area contributed by atoms with Gasteiger partial charge in [-0.05, 0) is 17.5 Å². The molecule has 0 fully saturated rings. The van der Waals surface area contributed by atoms with Crippen molar-refractivity contribution in [3.8, 4) is 0 Å². The quantitative estimate of drug-likeness (QED) is 0.450. The summed E-state index contributed by atoms with van der Waals surface area (Å²) < 4.78 is 5.82. The minimum atomic E-state index is 0.666. The van der Waals surface area contributed by atoms with Crippen molar-refractivity contribution in [3.05, 3.63) is 53.8 Å². The highest BCUT2D eigenvalue weighted by Crippen LogP contribution is 2.37. The van der Waals surface area contributed by atoms with Gasteiger partial charge in [-0.15, -0.1) is 0 Å². The second-order valence-corrected chi connectivity index (χ2v) is 4.64. The van der Waals surface area contributed by atoms with Crippen LogP contribution in [-0.4, -0.2) is 4.98 Å². The second kappa shape index (κ2) is 3.47. The summed E-state index contributed by atoms with van der Waals surface area (Å²) in [4.78, 5) is 4.14. The summed E-state index contributed by atoms with van der Waals surface area (Å²) in [7, 11) is 0. The van der Waals surface area contributed by atoms with Gasteiger partial charge in [-0.2, -0.15) is 0 Å². The Morgan fingerprint density at radius 1 is 1.00 bits per heavy atom. The van der Waals surface area contributed by atoms with E-state index in [1.807, 2.05) is 30.5 Å². The first-order valence-corrected chi connectivity index (χ1v) is 6.06. The van der Waals surface area contributed by atoms with Crippen molar-refractivity contribution in [2.24, 2.45) is 0 Å². The third-order valence-electron chi connectivity index (χ3n) is 3.22. The van der Waals surface area contributed by atoms with Crippen LogP contribution in [0.5, 0.6) is 0 Å². The van der Waals surface area contributed by atoms with E-state index in [1.165, 1.54) is 0 Å². The number of benzene rings is 2. The fourth-order valence-corrected chi connectivity index (χ4v) is 2.68. The lowest BCUT2D eigenvalue weighted by molar-refractivity contribution is 0.669. The Kier molecular flexibility index (Phi) is 1.91. The van der Waals surface area contributed by atoms with Gasteiger partial charge in [0.2, 0.25) is 0 Å². The minimum Gasteiger partial charge on any atom is -0.454 e. The van der Waals surface area contributed by atoms with Crippen molar-refractivity contribution in [1.82, 2.24) is 4.98 Å². The predicted molar refractivity (Wildman–Crippen MR) is 74.0 cm³/mol.